The van der Waals surface area contributed by atoms with Gasteiger partial charge in [-0.15, -0.1) is 0 Å². The summed E-state index contributed by atoms with van der Waals surface area (Å²) in [6.45, 7) is 5.63. The number of nitrogens with zero attached hydrogens (tertiary/aromatic N) is 1. The number of aryl methyl sites for hydroxylation is 1. The molecular formula is C22H25N. The highest BCUT2D eigenvalue weighted by Crippen LogP contribution is 2.19. The first kappa shape index (κ1) is 15.6. The first-order chi connectivity index (χ1) is 11.2. The van der Waals surface area contributed by atoms with Crippen LogP contribution >= 0.6 is 0 Å². The number of fused-ring (bicyclic) bond motifs is 1. The first-order valence-corrected chi connectivity index (χ1v) is 8.53. The van der Waals surface area contributed by atoms with Crippen LogP contribution in [0.2, 0.25) is 0 Å². The highest BCUT2D eigenvalue weighted by Gasteiger charge is 2.09. The van der Waals surface area contributed by atoms with E-state index in [1.165, 1.54) is 28.4 Å². The third-order valence-corrected chi connectivity index (χ3v) is 4.39. The molecule has 118 valence electrons. The molecule has 0 bridgehead atoms. The van der Waals surface area contributed by atoms with Gasteiger partial charge in [-0.2, -0.15) is 0 Å². The van der Waals surface area contributed by atoms with E-state index < -0.39 is 0 Å². The van der Waals surface area contributed by atoms with Crippen molar-refractivity contribution < 1.29 is 0 Å². The van der Waals surface area contributed by atoms with Gasteiger partial charge in [0.1, 0.15) is 0 Å². The third-order valence-electron chi connectivity index (χ3n) is 4.39. The minimum atomic E-state index is 0.522. The lowest BCUT2D eigenvalue weighted by Crippen LogP contribution is -2.31. The van der Waals surface area contributed by atoms with Crippen molar-refractivity contribution >= 4 is 16.5 Å². The van der Waals surface area contributed by atoms with Crippen LogP contribution in [0, 0.1) is 0 Å². The Kier molecular flexibility index (Phi) is 4.97. The third kappa shape index (κ3) is 3.92. The fourth-order valence-corrected chi connectivity index (χ4v) is 3.15. The van der Waals surface area contributed by atoms with Crippen molar-refractivity contribution in [3.8, 4) is 0 Å². The molecule has 3 aromatic carbocycles. The van der Waals surface area contributed by atoms with Crippen LogP contribution in [0.15, 0.2) is 72.8 Å². The van der Waals surface area contributed by atoms with Crippen molar-refractivity contribution in [1.29, 1.82) is 0 Å². The summed E-state index contributed by atoms with van der Waals surface area (Å²) < 4.78 is 0. The van der Waals surface area contributed by atoms with Gasteiger partial charge in [0.15, 0.2) is 0 Å². The maximum absolute atomic E-state index is 2.49. The normalized spacial score (nSPS) is 11.1. The molecule has 3 rings (SSSR count). The number of para-hydroxylation sites is 1. The van der Waals surface area contributed by atoms with Gasteiger partial charge in [0, 0.05) is 18.3 Å². The Bertz CT molecular complexity index is 746. The summed E-state index contributed by atoms with van der Waals surface area (Å²) in [5, 5.41) is 2.66. The van der Waals surface area contributed by atoms with Gasteiger partial charge in [-0.3, -0.25) is 0 Å². The predicted molar refractivity (Wildman–Crippen MR) is 101 cm³/mol. The number of hydrogen-bond donors (Lipinski definition) is 0. The monoisotopic (exact) mass is 303 g/mol. The Hall–Kier alpha value is -2.28. The average molecular weight is 303 g/mol. The van der Waals surface area contributed by atoms with E-state index in [9.17, 15) is 0 Å². The molecular weight excluding hydrogens is 278 g/mol. The zero-order valence-electron chi connectivity index (χ0n) is 14.1. The van der Waals surface area contributed by atoms with Gasteiger partial charge in [-0.1, -0.05) is 60.7 Å². The van der Waals surface area contributed by atoms with E-state index >= 15 is 0 Å². The summed E-state index contributed by atoms with van der Waals surface area (Å²) in [5.74, 6) is 0. The molecule has 1 nitrogen and oxygen atoms in total. The van der Waals surface area contributed by atoms with Crippen LogP contribution in [0.3, 0.4) is 0 Å². The fourth-order valence-electron chi connectivity index (χ4n) is 3.15. The van der Waals surface area contributed by atoms with Crippen LogP contribution in [-0.2, 0) is 6.42 Å². The van der Waals surface area contributed by atoms with E-state index in [1.807, 2.05) is 0 Å². The minimum Gasteiger partial charge on any atom is -0.369 e. The summed E-state index contributed by atoms with van der Waals surface area (Å²) in [7, 11) is 0. The number of hydrogen-bond acceptors (Lipinski definition) is 1. The lowest BCUT2D eigenvalue weighted by atomic mass is 10.0. The van der Waals surface area contributed by atoms with Gasteiger partial charge < -0.3 is 4.90 Å². The van der Waals surface area contributed by atoms with E-state index in [-0.39, 0.29) is 0 Å². The van der Waals surface area contributed by atoms with Gasteiger partial charge >= 0.3 is 0 Å². The van der Waals surface area contributed by atoms with E-state index in [1.54, 1.807) is 0 Å². The zero-order chi connectivity index (χ0) is 16.1. The SMILES string of the molecule is CC(C)N(CCCc1ccc2ccccc2c1)c1ccccc1. The molecule has 0 unspecified atom stereocenters. The number of benzene rings is 3. The summed E-state index contributed by atoms with van der Waals surface area (Å²) in [4.78, 5) is 2.49. The number of rotatable bonds is 6. The molecule has 0 aromatic heterocycles. The van der Waals surface area contributed by atoms with Crippen LogP contribution in [0.5, 0.6) is 0 Å². The molecule has 3 aromatic rings. The van der Waals surface area contributed by atoms with Gasteiger partial charge in [0.2, 0.25) is 0 Å². The van der Waals surface area contributed by atoms with Crippen molar-refractivity contribution in [2.45, 2.75) is 32.7 Å². The predicted octanol–water partition coefficient (Wildman–Crippen LogP) is 5.69. The smallest absolute Gasteiger partial charge is 0.0368 e. The Balaban J connectivity index is 1.64. The molecule has 0 saturated heterocycles. The Morgan fingerprint density at radius 2 is 1.48 bits per heavy atom. The summed E-state index contributed by atoms with van der Waals surface area (Å²) in [6.07, 6.45) is 2.30. The van der Waals surface area contributed by atoms with Gasteiger partial charge in [0.05, 0.1) is 0 Å². The highest BCUT2D eigenvalue weighted by atomic mass is 15.1. The summed E-state index contributed by atoms with van der Waals surface area (Å²) in [5.41, 5.74) is 2.75. The second-order valence-electron chi connectivity index (χ2n) is 6.41. The Morgan fingerprint density at radius 3 is 2.22 bits per heavy atom. The zero-order valence-corrected chi connectivity index (χ0v) is 14.1. The second-order valence-corrected chi connectivity index (χ2v) is 6.41. The van der Waals surface area contributed by atoms with Crippen LogP contribution in [0.1, 0.15) is 25.8 Å². The molecule has 0 amide bonds. The van der Waals surface area contributed by atoms with Crippen molar-refractivity contribution in [3.63, 3.8) is 0 Å². The largest absolute Gasteiger partial charge is 0.369 e. The topological polar surface area (TPSA) is 3.24 Å². The lowest BCUT2D eigenvalue weighted by Gasteiger charge is -2.29. The van der Waals surface area contributed by atoms with Crippen LogP contribution in [0.4, 0.5) is 5.69 Å². The lowest BCUT2D eigenvalue weighted by molar-refractivity contribution is 0.653. The molecule has 23 heavy (non-hydrogen) atoms. The van der Waals surface area contributed by atoms with E-state index in [0.717, 1.165) is 13.0 Å². The highest BCUT2D eigenvalue weighted by molar-refractivity contribution is 5.82. The van der Waals surface area contributed by atoms with Crippen LogP contribution in [-0.4, -0.2) is 12.6 Å². The summed E-state index contributed by atoms with van der Waals surface area (Å²) in [6, 6.07) is 26.7. The molecule has 0 radical (unpaired) electrons. The fraction of sp³-hybridized carbons (Fsp3) is 0.273. The van der Waals surface area contributed by atoms with Crippen molar-refractivity contribution in [1.82, 2.24) is 0 Å². The van der Waals surface area contributed by atoms with Crippen molar-refractivity contribution in [2.24, 2.45) is 0 Å². The Labute approximate surface area is 139 Å². The van der Waals surface area contributed by atoms with E-state index in [2.05, 4.69) is 91.5 Å². The van der Waals surface area contributed by atoms with E-state index in [0.29, 0.717) is 6.04 Å². The van der Waals surface area contributed by atoms with E-state index in [4.69, 9.17) is 0 Å². The number of anilines is 1. The quantitative estimate of drug-likeness (QED) is 0.565. The average Bonchev–Trinajstić information content (AvgIpc) is 2.59. The second kappa shape index (κ2) is 7.32. The van der Waals surface area contributed by atoms with Gasteiger partial charge in [-0.25, -0.2) is 0 Å². The molecule has 0 aliphatic rings. The van der Waals surface area contributed by atoms with Gasteiger partial charge in [0.25, 0.3) is 0 Å². The van der Waals surface area contributed by atoms with Gasteiger partial charge in [-0.05, 0) is 55.2 Å². The molecule has 0 heterocycles. The maximum Gasteiger partial charge on any atom is 0.0368 e. The standard InChI is InChI=1S/C22H25N/c1-18(2)23(22-12-4-3-5-13-22)16-8-9-19-14-15-20-10-6-7-11-21(20)17-19/h3-7,10-15,17-18H,8-9,16H2,1-2H3. The minimum absolute atomic E-state index is 0.522. The Morgan fingerprint density at radius 1 is 0.783 bits per heavy atom. The van der Waals surface area contributed by atoms with Crippen LogP contribution < -0.4 is 4.90 Å². The van der Waals surface area contributed by atoms with Crippen molar-refractivity contribution in [2.75, 3.05) is 11.4 Å². The first-order valence-electron chi connectivity index (χ1n) is 8.53. The van der Waals surface area contributed by atoms with Crippen LogP contribution in [0.25, 0.3) is 10.8 Å². The molecule has 0 atom stereocenters. The molecule has 0 aliphatic carbocycles. The molecule has 0 fully saturated rings. The molecule has 0 spiro atoms. The summed E-state index contributed by atoms with van der Waals surface area (Å²) >= 11 is 0. The molecule has 0 saturated carbocycles. The van der Waals surface area contributed by atoms with Crippen molar-refractivity contribution in [3.05, 3.63) is 78.4 Å². The maximum atomic E-state index is 2.49. The molecule has 0 aliphatic heterocycles. The molecule has 0 N–H and O–H groups in total. The molecule has 1 heteroatoms.